The molecule has 1 N–H and O–H groups in total. The molecule has 3 heterocycles. The maximum atomic E-state index is 13.7. The van der Waals surface area contributed by atoms with Gasteiger partial charge in [-0.05, 0) is 49.6 Å². The minimum Gasteiger partial charge on any atom is -0.469 e. The number of rotatable bonds is 7. The second kappa shape index (κ2) is 10.2. The summed E-state index contributed by atoms with van der Waals surface area (Å²) in [6, 6.07) is 19.7. The third-order valence-corrected chi connectivity index (χ3v) is 6.64. The van der Waals surface area contributed by atoms with Gasteiger partial charge in [0.15, 0.2) is 5.82 Å². The summed E-state index contributed by atoms with van der Waals surface area (Å²) in [6.07, 6.45) is 3.93. The van der Waals surface area contributed by atoms with E-state index in [1.807, 2.05) is 41.3 Å². The van der Waals surface area contributed by atoms with E-state index in [9.17, 15) is 9.59 Å². The van der Waals surface area contributed by atoms with E-state index in [1.54, 1.807) is 10.8 Å². The van der Waals surface area contributed by atoms with Gasteiger partial charge < -0.3 is 14.6 Å². The van der Waals surface area contributed by atoms with E-state index in [0.29, 0.717) is 38.4 Å². The Labute approximate surface area is 204 Å². The van der Waals surface area contributed by atoms with Gasteiger partial charge in [0.25, 0.3) is 5.56 Å². The van der Waals surface area contributed by atoms with E-state index >= 15 is 0 Å². The highest BCUT2D eigenvalue weighted by Crippen LogP contribution is 2.22. The molecule has 1 aliphatic rings. The van der Waals surface area contributed by atoms with Crippen LogP contribution >= 0.6 is 0 Å². The molecule has 0 saturated carbocycles. The lowest BCUT2D eigenvalue weighted by Gasteiger charge is -2.32. The van der Waals surface area contributed by atoms with E-state index in [1.165, 1.54) is 5.56 Å². The third-order valence-electron chi connectivity index (χ3n) is 6.64. The molecule has 0 radical (unpaired) electrons. The van der Waals surface area contributed by atoms with E-state index in [0.717, 1.165) is 35.2 Å². The highest BCUT2D eigenvalue weighted by Gasteiger charge is 2.28. The number of hydrogen-bond donors (Lipinski definition) is 1. The second-order valence-electron chi connectivity index (χ2n) is 9.21. The van der Waals surface area contributed by atoms with Crippen molar-refractivity contribution in [2.24, 2.45) is 5.92 Å². The van der Waals surface area contributed by atoms with E-state index in [2.05, 4.69) is 36.5 Å². The molecular formula is C28H30N4O3. The van der Waals surface area contributed by atoms with Crippen LogP contribution in [-0.2, 0) is 17.8 Å². The number of benzene rings is 2. The summed E-state index contributed by atoms with van der Waals surface area (Å²) in [5.74, 6) is 1.11. The van der Waals surface area contributed by atoms with E-state index in [-0.39, 0.29) is 17.4 Å². The summed E-state index contributed by atoms with van der Waals surface area (Å²) in [5, 5.41) is 3.03. The maximum Gasteiger partial charge on any atom is 0.294 e. The normalized spacial score (nSPS) is 15.9. The Balaban J connectivity index is 1.37. The van der Waals surface area contributed by atoms with Crippen molar-refractivity contribution in [2.75, 3.05) is 24.5 Å². The number of piperidine rings is 1. The molecule has 0 spiro atoms. The molecule has 4 aromatic rings. The van der Waals surface area contributed by atoms with E-state index < -0.39 is 0 Å². The molecule has 1 fully saturated rings. The molecule has 1 unspecified atom stereocenters. The van der Waals surface area contributed by atoms with Crippen LogP contribution in [0.2, 0.25) is 0 Å². The summed E-state index contributed by atoms with van der Waals surface area (Å²) in [4.78, 5) is 33.3. The van der Waals surface area contributed by atoms with Gasteiger partial charge in [0.2, 0.25) is 5.91 Å². The zero-order chi connectivity index (χ0) is 24.2. The summed E-state index contributed by atoms with van der Waals surface area (Å²) in [5.41, 5.74) is 3.71. The van der Waals surface area contributed by atoms with Gasteiger partial charge in [0.05, 0.1) is 29.8 Å². The number of furan rings is 1. The number of aryl methyl sites for hydroxylation is 1. The number of carbonyl (C=O) groups is 1. The number of para-hydroxylation sites is 2. The monoisotopic (exact) mass is 470 g/mol. The number of anilines is 1. The van der Waals surface area contributed by atoms with Crippen LogP contribution in [0.5, 0.6) is 0 Å². The van der Waals surface area contributed by atoms with Gasteiger partial charge in [-0.25, -0.2) is 4.98 Å². The molecule has 2 aromatic carbocycles. The average Bonchev–Trinajstić information content (AvgIpc) is 3.40. The van der Waals surface area contributed by atoms with Crippen molar-refractivity contribution in [3.05, 3.63) is 94.2 Å². The molecule has 7 nitrogen and oxygen atoms in total. The summed E-state index contributed by atoms with van der Waals surface area (Å²) >= 11 is 0. The van der Waals surface area contributed by atoms with Crippen LogP contribution in [0.15, 0.2) is 76.1 Å². The maximum absolute atomic E-state index is 13.7. The Morgan fingerprint density at radius 1 is 1.11 bits per heavy atom. The molecule has 0 bridgehead atoms. The Morgan fingerprint density at radius 2 is 1.94 bits per heavy atom. The fourth-order valence-electron chi connectivity index (χ4n) is 4.71. The molecule has 180 valence electrons. The lowest BCUT2D eigenvalue weighted by atomic mass is 9.97. The minimum absolute atomic E-state index is 0.0158. The van der Waals surface area contributed by atoms with Gasteiger partial charge >= 0.3 is 0 Å². The first-order valence-electron chi connectivity index (χ1n) is 12.2. The van der Waals surface area contributed by atoms with Crippen LogP contribution in [-0.4, -0.2) is 35.1 Å². The number of amides is 1. The van der Waals surface area contributed by atoms with Gasteiger partial charge in [-0.3, -0.25) is 14.2 Å². The molecule has 1 atom stereocenters. The first-order valence-corrected chi connectivity index (χ1v) is 12.2. The molecule has 0 aliphatic carbocycles. The van der Waals surface area contributed by atoms with Crippen LogP contribution in [0.3, 0.4) is 0 Å². The van der Waals surface area contributed by atoms with Crippen LogP contribution < -0.4 is 15.8 Å². The molecule has 1 aliphatic heterocycles. The predicted molar refractivity (Wildman–Crippen MR) is 137 cm³/mol. The number of nitrogens with one attached hydrogen (secondary N) is 1. The van der Waals surface area contributed by atoms with Crippen LogP contribution in [0.25, 0.3) is 11.0 Å². The SMILES string of the molecule is Cc1ccc(Cn2c(=O)c(N3CCCC(C(=O)NCCc4ccco4)C3)nc3ccccc32)cc1. The standard InChI is InChI=1S/C28H30N4O3/c1-20-10-12-21(13-11-20)18-32-25-9-3-2-8-24(25)30-26(28(32)34)31-16-4-6-22(19-31)27(33)29-15-14-23-7-5-17-35-23/h2-3,5,7-13,17,22H,4,6,14-16,18-19H2,1H3,(H,29,33). The smallest absolute Gasteiger partial charge is 0.294 e. The Kier molecular flexibility index (Phi) is 6.66. The fourth-order valence-corrected chi connectivity index (χ4v) is 4.71. The quantitative estimate of drug-likeness (QED) is 0.443. The minimum atomic E-state index is -0.182. The van der Waals surface area contributed by atoms with Crippen molar-refractivity contribution in [1.29, 1.82) is 0 Å². The number of aromatic nitrogens is 2. The largest absolute Gasteiger partial charge is 0.469 e. The molecule has 35 heavy (non-hydrogen) atoms. The lowest BCUT2D eigenvalue weighted by Crippen LogP contribution is -2.46. The molecule has 5 rings (SSSR count). The Morgan fingerprint density at radius 3 is 2.74 bits per heavy atom. The first-order chi connectivity index (χ1) is 17.1. The van der Waals surface area contributed by atoms with E-state index in [4.69, 9.17) is 9.40 Å². The van der Waals surface area contributed by atoms with Gasteiger partial charge in [-0.1, -0.05) is 42.0 Å². The lowest BCUT2D eigenvalue weighted by molar-refractivity contribution is -0.125. The summed E-state index contributed by atoms with van der Waals surface area (Å²) in [6.45, 7) is 4.24. The molecule has 1 saturated heterocycles. The Bertz CT molecular complexity index is 1360. The molecule has 2 aromatic heterocycles. The highest BCUT2D eigenvalue weighted by atomic mass is 16.3. The summed E-state index contributed by atoms with van der Waals surface area (Å²) < 4.78 is 7.14. The number of nitrogens with zero attached hydrogens (tertiary/aromatic N) is 3. The average molecular weight is 471 g/mol. The van der Waals surface area contributed by atoms with Crippen molar-refractivity contribution in [1.82, 2.24) is 14.9 Å². The fraction of sp³-hybridized carbons (Fsp3) is 0.321. The van der Waals surface area contributed by atoms with Gasteiger partial charge in [0.1, 0.15) is 5.76 Å². The van der Waals surface area contributed by atoms with Crippen LogP contribution in [0, 0.1) is 12.8 Å². The molecule has 7 heteroatoms. The second-order valence-corrected chi connectivity index (χ2v) is 9.21. The first kappa shape index (κ1) is 22.9. The van der Waals surface area contributed by atoms with Crippen LogP contribution in [0.4, 0.5) is 5.82 Å². The number of hydrogen-bond acceptors (Lipinski definition) is 5. The van der Waals surface area contributed by atoms with Crippen molar-refractivity contribution < 1.29 is 9.21 Å². The van der Waals surface area contributed by atoms with Gasteiger partial charge in [-0.2, -0.15) is 0 Å². The molecular weight excluding hydrogens is 440 g/mol. The molecule has 1 amide bonds. The predicted octanol–water partition coefficient (Wildman–Crippen LogP) is 3.92. The van der Waals surface area contributed by atoms with Crippen molar-refractivity contribution >= 4 is 22.8 Å². The van der Waals surface area contributed by atoms with Crippen LogP contribution in [0.1, 0.15) is 29.7 Å². The highest BCUT2D eigenvalue weighted by molar-refractivity contribution is 5.80. The summed E-state index contributed by atoms with van der Waals surface area (Å²) in [7, 11) is 0. The zero-order valence-electron chi connectivity index (χ0n) is 19.9. The zero-order valence-corrected chi connectivity index (χ0v) is 19.9. The topological polar surface area (TPSA) is 80.4 Å². The third kappa shape index (κ3) is 5.14. The van der Waals surface area contributed by atoms with Gasteiger partial charge in [-0.15, -0.1) is 0 Å². The number of fused-ring (bicyclic) bond motifs is 1. The number of carbonyl (C=O) groups excluding carboxylic acids is 1. The van der Waals surface area contributed by atoms with Crippen molar-refractivity contribution in [2.45, 2.75) is 32.7 Å². The van der Waals surface area contributed by atoms with Gasteiger partial charge in [0, 0.05) is 26.1 Å². The Hall–Kier alpha value is -3.87. The van der Waals surface area contributed by atoms with Crippen molar-refractivity contribution in [3.63, 3.8) is 0 Å². The van der Waals surface area contributed by atoms with Crippen molar-refractivity contribution in [3.8, 4) is 0 Å².